The molecule has 3 aliphatic heterocycles. The molecular formula is C31H43N2O2+. The Morgan fingerprint density at radius 3 is 2.66 bits per heavy atom. The summed E-state index contributed by atoms with van der Waals surface area (Å²) in [6.07, 6.45) is 6.32. The predicted octanol–water partition coefficient (Wildman–Crippen LogP) is 4.67. The van der Waals surface area contributed by atoms with Gasteiger partial charge < -0.3 is 15.0 Å². The second-order valence-electron chi connectivity index (χ2n) is 11.0. The molecule has 35 heavy (non-hydrogen) atoms. The summed E-state index contributed by atoms with van der Waals surface area (Å²) in [6.45, 7) is 10.3. The molecule has 2 N–H and O–H groups in total. The highest BCUT2D eigenvalue weighted by molar-refractivity contribution is 5.82. The number of likely N-dealkylation sites (tertiary alicyclic amines) is 1. The van der Waals surface area contributed by atoms with Gasteiger partial charge in [0, 0.05) is 18.2 Å². The van der Waals surface area contributed by atoms with E-state index in [1.807, 2.05) is 0 Å². The molecule has 0 saturated carbocycles. The molecule has 3 heterocycles. The van der Waals surface area contributed by atoms with Crippen LogP contribution in [0.3, 0.4) is 0 Å². The lowest BCUT2D eigenvalue weighted by Gasteiger charge is -2.46. The lowest BCUT2D eigenvalue weighted by molar-refractivity contribution is -0.640. The number of amides is 1. The zero-order valence-electron chi connectivity index (χ0n) is 21.8. The van der Waals surface area contributed by atoms with Crippen molar-refractivity contribution < 1.29 is 14.8 Å². The van der Waals surface area contributed by atoms with E-state index in [9.17, 15) is 4.79 Å². The minimum absolute atomic E-state index is 0.0300. The van der Waals surface area contributed by atoms with Crippen molar-refractivity contribution in [2.45, 2.75) is 76.7 Å². The van der Waals surface area contributed by atoms with E-state index in [4.69, 9.17) is 4.74 Å². The number of fused-ring (bicyclic) bond motifs is 2. The van der Waals surface area contributed by atoms with Crippen LogP contribution < -0.4 is 10.1 Å². The predicted molar refractivity (Wildman–Crippen MR) is 141 cm³/mol. The van der Waals surface area contributed by atoms with E-state index in [0.717, 1.165) is 63.9 Å². The summed E-state index contributed by atoms with van der Waals surface area (Å²) >= 11 is 0. The van der Waals surface area contributed by atoms with Gasteiger partial charge in [0.15, 0.2) is 0 Å². The molecule has 5 rings (SSSR count). The van der Waals surface area contributed by atoms with Crippen molar-refractivity contribution in [2.75, 3.05) is 26.2 Å². The number of nitrogens with zero attached hydrogens (tertiary/aromatic N) is 1. The maximum Gasteiger partial charge on any atom is 0.232 e. The van der Waals surface area contributed by atoms with E-state index in [1.54, 1.807) is 0 Å². The third kappa shape index (κ3) is 4.28. The highest BCUT2D eigenvalue weighted by Gasteiger charge is 2.56. The number of quaternary nitrogens is 1. The number of hydrogen-bond acceptors (Lipinski definition) is 2. The van der Waals surface area contributed by atoms with Gasteiger partial charge >= 0.3 is 0 Å². The van der Waals surface area contributed by atoms with Gasteiger partial charge in [-0.2, -0.15) is 0 Å². The Hall–Kier alpha value is -2.33. The van der Waals surface area contributed by atoms with E-state index in [-0.39, 0.29) is 11.3 Å². The van der Waals surface area contributed by atoms with Crippen LogP contribution in [0.5, 0.6) is 5.75 Å². The number of piperidine rings is 1. The van der Waals surface area contributed by atoms with E-state index < -0.39 is 0 Å². The first-order valence-electron chi connectivity index (χ1n) is 14.0. The maximum absolute atomic E-state index is 14.5. The van der Waals surface area contributed by atoms with E-state index in [2.05, 4.69) is 79.5 Å². The standard InChI is InChI=1S/C31H42N2O2/c1-4-22(5-2)28-19-25(24-11-8-7-9-12-24)15-17-33(28)30(34)27-20-32-21-31(27)16-18-35-29-23(6-3)13-10-14-26(29)31/h7-14,22,25,27-28,32H,4-6,15-21H2,1-3H3/p+1/t25-,27+,28+,31+/m1/s1. The van der Waals surface area contributed by atoms with Crippen LogP contribution in [0, 0.1) is 11.8 Å². The number of ether oxygens (including phenoxy) is 1. The molecule has 2 aromatic rings. The molecule has 3 aliphatic rings. The number of benzene rings is 2. The maximum atomic E-state index is 14.5. The molecule has 0 unspecified atom stereocenters. The number of carbonyl (C=O) groups excluding carboxylic acids is 1. The molecule has 2 saturated heterocycles. The molecule has 0 aromatic heterocycles. The molecule has 1 spiro atoms. The molecule has 4 nitrogen and oxygen atoms in total. The smallest absolute Gasteiger partial charge is 0.232 e. The second-order valence-corrected chi connectivity index (χ2v) is 11.0. The fourth-order valence-electron chi connectivity index (χ4n) is 7.46. The number of para-hydroxylation sites is 1. The quantitative estimate of drug-likeness (QED) is 0.660. The molecule has 0 aliphatic carbocycles. The number of hydrogen-bond donors (Lipinski definition) is 1. The third-order valence-electron chi connectivity index (χ3n) is 9.48. The lowest BCUT2D eigenvalue weighted by atomic mass is 9.67. The first-order valence-corrected chi connectivity index (χ1v) is 14.0. The fraction of sp³-hybridized carbons (Fsp3) is 0.581. The van der Waals surface area contributed by atoms with Gasteiger partial charge in [0.05, 0.1) is 25.1 Å². The zero-order chi connectivity index (χ0) is 24.4. The van der Waals surface area contributed by atoms with Crippen LogP contribution in [0.15, 0.2) is 48.5 Å². The van der Waals surface area contributed by atoms with Crippen molar-refractivity contribution in [3.05, 3.63) is 65.2 Å². The van der Waals surface area contributed by atoms with Crippen molar-refractivity contribution >= 4 is 5.91 Å². The molecule has 4 atom stereocenters. The lowest BCUT2D eigenvalue weighted by Crippen LogP contribution is -2.82. The number of carbonyl (C=O) groups is 1. The Labute approximate surface area is 211 Å². The molecule has 4 heteroatoms. The Bertz CT molecular complexity index is 1020. The van der Waals surface area contributed by atoms with Crippen LogP contribution in [0.1, 0.15) is 75.5 Å². The highest BCUT2D eigenvalue weighted by Crippen LogP contribution is 2.47. The van der Waals surface area contributed by atoms with Crippen molar-refractivity contribution in [1.29, 1.82) is 0 Å². The van der Waals surface area contributed by atoms with Gasteiger partial charge in [-0.15, -0.1) is 0 Å². The summed E-state index contributed by atoms with van der Waals surface area (Å²) in [5.41, 5.74) is 3.89. The summed E-state index contributed by atoms with van der Waals surface area (Å²) in [4.78, 5) is 16.8. The van der Waals surface area contributed by atoms with Crippen LogP contribution >= 0.6 is 0 Å². The number of aryl methyl sites for hydroxylation is 1. The Kier molecular flexibility index (Phi) is 7.20. The van der Waals surface area contributed by atoms with Crippen LogP contribution in [-0.2, 0) is 16.6 Å². The molecule has 0 radical (unpaired) electrons. The summed E-state index contributed by atoms with van der Waals surface area (Å²) in [6, 6.07) is 17.9. The van der Waals surface area contributed by atoms with Gasteiger partial charge in [0.1, 0.15) is 11.7 Å². The van der Waals surface area contributed by atoms with Gasteiger partial charge in [0.25, 0.3) is 0 Å². The number of nitrogens with two attached hydrogens (primary N) is 1. The monoisotopic (exact) mass is 475 g/mol. The zero-order valence-corrected chi connectivity index (χ0v) is 21.8. The molecule has 188 valence electrons. The SMILES string of the molecule is CCc1cccc2c1OCC[C@]21C[NH2+]C[C@H]1C(=O)N1CC[C@@H](c2ccccc2)C[C@H]1C(CC)CC. The van der Waals surface area contributed by atoms with Crippen LogP contribution in [0.4, 0.5) is 0 Å². The summed E-state index contributed by atoms with van der Waals surface area (Å²) < 4.78 is 6.22. The van der Waals surface area contributed by atoms with Gasteiger partial charge in [-0.25, -0.2) is 0 Å². The second kappa shape index (κ2) is 10.3. The molecule has 1 amide bonds. The average Bonchev–Trinajstić information content (AvgIpc) is 3.33. The fourth-order valence-corrected chi connectivity index (χ4v) is 7.46. The molecular weight excluding hydrogens is 432 g/mol. The minimum atomic E-state index is -0.107. The largest absolute Gasteiger partial charge is 0.493 e. The Morgan fingerprint density at radius 1 is 1.11 bits per heavy atom. The van der Waals surface area contributed by atoms with Crippen molar-refractivity contribution in [3.8, 4) is 5.75 Å². The molecule has 2 fully saturated rings. The molecule has 2 aromatic carbocycles. The number of rotatable bonds is 6. The Balaban J connectivity index is 1.46. The summed E-state index contributed by atoms with van der Waals surface area (Å²) in [5.74, 6) is 2.60. The van der Waals surface area contributed by atoms with Gasteiger partial charge in [0.2, 0.25) is 5.91 Å². The minimum Gasteiger partial charge on any atom is -0.493 e. The first-order chi connectivity index (χ1) is 17.1. The van der Waals surface area contributed by atoms with E-state index in [0.29, 0.717) is 30.4 Å². The van der Waals surface area contributed by atoms with Crippen molar-refractivity contribution in [3.63, 3.8) is 0 Å². The van der Waals surface area contributed by atoms with Crippen LogP contribution in [0.2, 0.25) is 0 Å². The van der Waals surface area contributed by atoms with Crippen molar-refractivity contribution in [1.82, 2.24) is 4.90 Å². The van der Waals surface area contributed by atoms with Crippen molar-refractivity contribution in [2.24, 2.45) is 11.8 Å². The van der Waals surface area contributed by atoms with E-state index in [1.165, 1.54) is 16.7 Å². The summed E-state index contributed by atoms with van der Waals surface area (Å²) in [7, 11) is 0. The van der Waals surface area contributed by atoms with Gasteiger partial charge in [-0.05, 0) is 48.6 Å². The Morgan fingerprint density at radius 2 is 1.91 bits per heavy atom. The summed E-state index contributed by atoms with van der Waals surface area (Å²) in [5, 5.41) is 2.39. The molecule has 0 bridgehead atoms. The van der Waals surface area contributed by atoms with Gasteiger partial charge in [-0.3, -0.25) is 4.79 Å². The topological polar surface area (TPSA) is 46.1 Å². The van der Waals surface area contributed by atoms with E-state index >= 15 is 0 Å². The van der Waals surface area contributed by atoms with Crippen LogP contribution in [-0.4, -0.2) is 43.1 Å². The normalized spacial score (nSPS) is 28.2. The average molecular weight is 476 g/mol. The van der Waals surface area contributed by atoms with Crippen LogP contribution in [0.25, 0.3) is 0 Å². The third-order valence-corrected chi connectivity index (χ3v) is 9.48. The first kappa shape index (κ1) is 24.4. The van der Waals surface area contributed by atoms with Gasteiger partial charge in [-0.1, -0.05) is 82.1 Å². The highest BCUT2D eigenvalue weighted by atomic mass is 16.5.